The van der Waals surface area contributed by atoms with Crippen LogP contribution in [0.2, 0.25) is 5.02 Å². The van der Waals surface area contributed by atoms with Gasteiger partial charge in [-0.05, 0) is 31.0 Å². The Balaban J connectivity index is 2.17. The van der Waals surface area contributed by atoms with Crippen molar-refractivity contribution in [2.45, 2.75) is 18.4 Å². The van der Waals surface area contributed by atoms with E-state index in [1.54, 1.807) is 6.07 Å². The molecule has 0 saturated heterocycles. The van der Waals surface area contributed by atoms with Gasteiger partial charge in [0.05, 0.1) is 0 Å². The summed E-state index contributed by atoms with van der Waals surface area (Å²) in [4.78, 5) is 0. The molecule has 0 atom stereocenters. The highest BCUT2D eigenvalue weighted by molar-refractivity contribution is 6.30. The fourth-order valence-corrected chi connectivity index (χ4v) is 1.44. The predicted molar refractivity (Wildman–Crippen MR) is 53.1 cm³/mol. The number of rotatable bonds is 3. The van der Waals surface area contributed by atoms with Crippen LogP contribution < -0.4 is 10.5 Å². The maximum Gasteiger partial charge on any atom is 0.166 e. The van der Waals surface area contributed by atoms with Crippen molar-refractivity contribution in [2.24, 2.45) is 5.73 Å². The minimum absolute atomic E-state index is 0.234. The van der Waals surface area contributed by atoms with Crippen LogP contribution in [0.1, 0.15) is 12.8 Å². The molecule has 0 bridgehead atoms. The zero-order valence-corrected chi connectivity index (χ0v) is 8.35. The van der Waals surface area contributed by atoms with E-state index in [4.69, 9.17) is 22.1 Å². The van der Waals surface area contributed by atoms with Crippen molar-refractivity contribution < 1.29 is 9.13 Å². The van der Waals surface area contributed by atoms with Crippen molar-refractivity contribution in [1.82, 2.24) is 0 Å². The van der Waals surface area contributed by atoms with Gasteiger partial charge in [0.15, 0.2) is 11.6 Å². The van der Waals surface area contributed by atoms with Crippen molar-refractivity contribution in [3.8, 4) is 5.75 Å². The van der Waals surface area contributed by atoms with Crippen LogP contribution in [0.4, 0.5) is 4.39 Å². The lowest BCUT2D eigenvalue weighted by atomic mass is 10.3. The third kappa shape index (κ3) is 1.83. The summed E-state index contributed by atoms with van der Waals surface area (Å²) in [6.45, 7) is 0.426. The van der Waals surface area contributed by atoms with E-state index in [-0.39, 0.29) is 11.4 Å². The van der Waals surface area contributed by atoms with Crippen LogP contribution in [0.25, 0.3) is 0 Å². The molecule has 0 aliphatic heterocycles. The molecule has 0 heterocycles. The quantitative estimate of drug-likeness (QED) is 0.840. The molecule has 2 rings (SSSR count). The second kappa shape index (κ2) is 3.41. The Kier molecular flexibility index (Phi) is 2.37. The SMILES string of the molecule is NCC1(Oc2ccc(Cl)cc2F)CC1. The molecule has 0 spiro atoms. The first-order chi connectivity index (χ1) is 6.65. The van der Waals surface area contributed by atoms with E-state index in [2.05, 4.69) is 0 Å². The molecular formula is C10H11ClFNO. The maximum absolute atomic E-state index is 13.3. The Morgan fingerprint density at radius 1 is 1.50 bits per heavy atom. The average Bonchev–Trinajstić information content (AvgIpc) is 2.91. The molecule has 1 fully saturated rings. The van der Waals surface area contributed by atoms with E-state index in [9.17, 15) is 4.39 Å². The molecule has 1 aliphatic rings. The summed E-state index contributed by atoms with van der Waals surface area (Å²) >= 11 is 5.62. The van der Waals surface area contributed by atoms with Crippen molar-refractivity contribution in [3.63, 3.8) is 0 Å². The average molecular weight is 216 g/mol. The first-order valence-corrected chi connectivity index (χ1v) is 4.87. The van der Waals surface area contributed by atoms with Gasteiger partial charge >= 0.3 is 0 Å². The zero-order chi connectivity index (χ0) is 10.2. The fourth-order valence-electron chi connectivity index (χ4n) is 1.28. The van der Waals surface area contributed by atoms with Crippen LogP contribution in [-0.2, 0) is 0 Å². The molecule has 14 heavy (non-hydrogen) atoms. The molecule has 1 aliphatic carbocycles. The lowest BCUT2D eigenvalue weighted by molar-refractivity contribution is 0.179. The van der Waals surface area contributed by atoms with Gasteiger partial charge in [-0.1, -0.05) is 11.6 Å². The van der Waals surface area contributed by atoms with Gasteiger partial charge in [-0.2, -0.15) is 0 Å². The summed E-state index contributed by atoms with van der Waals surface area (Å²) in [5.41, 5.74) is 5.20. The number of halogens is 2. The first-order valence-electron chi connectivity index (χ1n) is 4.49. The van der Waals surface area contributed by atoms with Crippen LogP contribution in [0.5, 0.6) is 5.75 Å². The summed E-state index contributed by atoms with van der Waals surface area (Å²) in [5.74, 6) is -0.199. The van der Waals surface area contributed by atoms with E-state index < -0.39 is 5.82 Å². The van der Waals surface area contributed by atoms with E-state index in [1.807, 2.05) is 0 Å². The van der Waals surface area contributed by atoms with Gasteiger partial charge in [-0.15, -0.1) is 0 Å². The highest BCUT2D eigenvalue weighted by atomic mass is 35.5. The summed E-state index contributed by atoms with van der Waals surface area (Å²) in [6, 6.07) is 4.38. The molecule has 76 valence electrons. The molecule has 0 unspecified atom stereocenters. The van der Waals surface area contributed by atoms with Gasteiger partial charge in [0.25, 0.3) is 0 Å². The van der Waals surface area contributed by atoms with Crippen LogP contribution in [-0.4, -0.2) is 12.1 Å². The standard InChI is InChI=1S/C10H11ClFNO/c11-7-1-2-9(8(12)5-7)14-10(6-13)3-4-10/h1-2,5H,3-4,6,13H2. The largest absolute Gasteiger partial charge is 0.483 e. The van der Waals surface area contributed by atoms with Crippen LogP contribution in [0.15, 0.2) is 18.2 Å². The molecule has 0 aromatic heterocycles. The molecule has 2 N–H and O–H groups in total. The Hall–Kier alpha value is -0.800. The third-order valence-corrected chi connectivity index (χ3v) is 2.64. The van der Waals surface area contributed by atoms with Gasteiger partial charge in [0.1, 0.15) is 5.60 Å². The zero-order valence-electron chi connectivity index (χ0n) is 7.59. The van der Waals surface area contributed by atoms with Gasteiger partial charge in [-0.3, -0.25) is 0 Å². The molecule has 0 amide bonds. The molecule has 0 radical (unpaired) electrons. The topological polar surface area (TPSA) is 35.2 Å². The Labute approximate surface area is 86.8 Å². The molecule has 4 heteroatoms. The highest BCUT2D eigenvalue weighted by Crippen LogP contribution is 2.40. The van der Waals surface area contributed by atoms with Crippen LogP contribution >= 0.6 is 11.6 Å². The van der Waals surface area contributed by atoms with E-state index in [1.165, 1.54) is 12.1 Å². The molecule has 1 aromatic carbocycles. The number of hydrogen-bond acceptors (Lipinski definition) is 2. The maximum atomic E-state index is 13.3. The third-order valence-electron chi connectivity index (χ3n) is 2.40. The van der Waals surface area contributed by atoms with Gasteiger partial charge in [-0.25, -0.2) is 4.39 Å². The lowest BCUT2D eigenvalue weighted by Crippen LogP contribution is -2.28. The molecule has 1 saturated carbocycles. The molecule has 1 aromatic rings. The minimum Gasteiger partial charge on any atom is -0.483 e. The second-order valence-electron chi connectivity index (χ2n) is 3.56. The molecule has 2 nitrogen and oxygen atoms in total. The summed E-state index contributed by atoms with van der Waals surface area (Å²) in [6.07, 6.45) is 1.79. The van der Waals surface area contributed by atoms with E-state index in [0.29, 0.717) is 11.6 Å². The van der Waals surface area contributed by atoms with E-state index in [0.717, 1.165) is 12.8 Å². The van der Waals surface area contributed by atoms with Gasteiger partial charge in [0, 0.05) is 11.6 Å². The van der Waals surface area contributed by atoms with Crippen molar-refractivity contribution in [3.05, 3.63) is 29.0 Å². The number of nitrogens with two attached hydrogens (primary N) is 1. The first kappa shape index (κ1) is 9.74. The lowest BCUT2D eigenvalue weighted by Gasteiger charge is -2.16. The van der Waals surface area contributed by atoms with Crippen LogP contribution in [0, 0.1) is 5.82 Å². The Morgan fingerprint density at radius 3 is 2.71 bits per heavy atom. The van der Waals surface area contributed by atoms with Crippen molar-refractivity contribution >= 4 is 11.6 Å². The number of benzene rings is 1. The van der Waals surface area contributed by atoms with Crippen molar-refractivity contribution in [2.75, 3.05) is 6.54 Å². The Bertz CT molecular complexity index is 352. The highest BCUT2D eigenvalue weighted by Gasteiger charge is 2.44. The molecular weight excluding hydrogens is 205 g/mol. The monoisotopic (exact) mass is 215 g/mol. The summed E-state index contributed by atoms with van der Waals surface area (Å²) < 4.78 is 18.8. The number of hydrogen-bond donors (Lipinski definition) is 1. The summed E-state index contributed by atoms with van der Waals surface area (Å²) in [7, 11) is 0. The van der Waals surface area contributed by atoms with Crippen LogP contribution in [0.3, 0.4) is 0 Å². The minimum atomic E-state index is -0.433. The summed E-state index contributed by atoms with van der Waals surface area (Å²) in [5, 5.41) is 0.368. The Morgan fingerprint density at radius 2 is 2.21 bits per heavy atom. The van der Waals surface area contributed by atoms with Gasteiger partial charge in [0.2, 0.25) is 0 Å². The van der Waals surface area contributed by atoms with Crippen molar-refractivity contribution in [1.29, 1.82) is 0 Å². The van der Waals surface area contributed by atoms with Gasteiger partial charge < -0.3 is 10.5 Å². The second-order valence-corrected chi connectivity index (χ2v) is 4.00. The normalized spacial score (nSPS) is 17.9. The smallest absolute Gasteiger partial charge is 0.166 e. The fraction of sp³-hybridized carbons (Fsp3) is 0.400. The van der Waals surface area contributed by atoms with E-state index >= 15 is 0 Å². The predicted octanol–water partition coefficient (Wildman–Crippen LogP) is 2.35. The number of ether oxygens (including phenoxy) is 1.